The largest absolute Gasteiger partial charge is 0.508 e. The summed E-state index contributed by atoms with van der Waals surface area (Å²) in [4.78, 5) is 10.8. The van der Waals surface area contributed by atoms with Crippen molar-refractivity contribution in [2.75, 3.05) is 13.1 Å². The van der Waals surface area contributed by atoms with E-state index in [1.54, 1.807) is 12.1 Å². The van der Waals surface area contributed by atoms with Crippen LogP contribution >= 0.6 is 0 Å². The number of rotatable bonds is 3. The molecule has 1 saturated heterocycles. The van der Waals surface area contributed by atoms with E-state index in [1.807, 2.05) is 12.1 Å². The van der Waals surface area contributed by atoms with Crippen LogP contribution in [0, 0.1) is 5.92 Å². The van der Waals surface area contributed by atoms with Crippen molar-refractivity contribution in [1.29, 1.82) is 0 Å². The summed E-state index contributed by atoms with van der Waals surface area (Å²) in [7, 11) is 0. The SMILES string of the molecule is O=C(O)CC1CCNCC1c1ccccc1O. The molecule has 0 spiro atoms. The van der Waals surface area contributed by atoms with Gasteiger partial charge in [-0.2, -0.15) is 0 Å². The first-order valence-corrected chi connectivity index (χ1v) is 5.89. The number of piperidine rings is 1. The molecular formula is C13H17NO3. The van der Waals surface area contributed by atoms with Gasteiger partial charge in [-0.3, -0.25) is 4.79 Å². The van der Waals surface area contributed by atoms with E-state index in [4.69, 9.17) is 5.11 Å². The van der Waals surface area contributed by atoms with Crippen molar-refractivity contribution in [2.45, 2.75) is 18.8 Å². The number of benzene rings is 1. The van der Waals surface area contributed by atoms with Crippen LogP contribution in [0.1, 0.15) is 24.3 Å². The van der Waals surface area contributed by atoms with E-state index in [0.717, 1.165) is 25.1 Å². The van der Waals surface area contributed by atoms with Gasteiger partial charge in [0.2, 0.25) is 0 Å². The normalized spacial score (nSPS) is 24.5. The lowest BCUT2D eigenvalue weighted by molar-refractivity contribution is -0.138. The maximum atomic E-state index is 10.8. The van der Waals surface area contributed by atoms with Gasteiger partial charge in [0, 0.05) is 18.9 Å². The maximum absolute atomic E-state index is 10.8. The summed E-state index contributed by atoms with van der Waals surface area (Å²) in [6.07, 6.45) is 1.01. The predicted octanol–water partition coefficient (Wildman–Crippen LogP) is 1.56. The zero-order valence-corrected chi connectivity index (χ0v) is 9.60. The molecule has 1 heterocycles. The van der Waals surface area contributed by atoms with Crippen LogP contribution in [-0.4, -0.2) is 29.3 Å². The summed E-state index contributed by atoms with van der Waals surface area (Å²) < 4.78 is 0. The third-order valence-corrected chi connectivity index (χ3v) is 3.40. The molecule has 0 radical (unpaired) electrons. The highest BCUT2D eigenvalue weighted by Crippen LogP contribution is 2.35. The molecule has 17 heavy (non-hydrogen) atoms. The van der Waals surface area contributed by atoms with Crippen LogP contribution < -0.4 is 5.32 Å². The Labute approximate surface area is 100 Å². The third kappa shape index (κ3) is 2.77. The van der Waals surface area contributed by atoms with Crippen molar-refractivity contribution in [3.8, 4) is 5.75 Å². The van der Waals surface area contributed by atoms with Gasteiger partial charge in [0.05, 0.1) is 0 Å². The molecule has 0 aliphatic carbocycles. The molecule has 1 aliphatic heterocycles. The second-order valence-electron chi connectivity index (χ2n) is 4.52. The van der Waals surface area contributed by atoms with Crippen molar-refractivity contribution < 1.29 is 15.0 Å². The lowest BCUT2D eigenvalue weighted by atomic mass is 9.79. The molecular weight excluding hydrogens is 218 g/mol. The molecule has 0 aromatic heterocycles. The number of aromatic hydroxyl groups is 1. The molecule has 4 heteroatoms. The number of hydrogen-bond acceptors (Lipinski definition) is 3. The van der Waals surface area contributed by atoms with Crippen molar-refractivity contribution in [3.05, 3.63) is 29.8 Å². The Balaban J connectivity index is 2.21. The van der Waals surface area contributed by atoms with Crippen LogP contribution in [0.15, 0.2) is 24.3 Å². The highest BCUT2D eigenvalue weighted by Gasteiger charge is 2.29. The quantitative estimate of drug-likeness (QED) is 0.743. The van der Waals surface area contributed by atoms with Gasteiger partial charge in [-0.1, -0.05) is 18.2 Å². The molecule has 1 fully saturated rings. The van der Waals surface area contributed by atoms with Gasteiger partial charge in [-0.25, -0.2) is 0 Å². The number of carbonyl (C=O) groups is 1. The molecule has 0 saturated carbocycles. The number of nitrogens with one attached hydrogen (secondary N) is 1. The second-order valence-corrected chi connectivity index (χ2v) is 4.52. The van der Waals surface area contributed by atoms with E-state index in [2.05, 4.69) is 5.32 Å². The zero-order chi connectivity index (χ0) is 12.3. The van der Waals surface area contributed by atoms with Crippen LogP contribution in [0.25, 0.3) is 0 Å². The first-order valence-electron chi connectivity index (χ1n) is 5.89. The predicted molar refractivity (Wildman–Crippen MR) is 64.1 cm³/mol. The summed E-state index contributed by atoms with van der Waals surface area (Å²) in [5.74, 6) is -0.322. The minimum atomic E-state index is -0.766. The van der Waals surface area contributed by atoms with E-state index in [-0.39, 0.29) is 24.0 Å². The van der Waals surface area contributed by atoms with Crippen LogP contribution in [0.5, 0.6) is 5.75 Å². The van der Waals surface area contributed by atoms with Crippen molar-refractivity contribution in [3.63, 3.8) is 0 Å². The fourth-order valence-corrected chi connectivity index (χ4v) is 2.55. The van der Waals surface area contributed by atoms with Gasteiger partial charge in [0.25, 0.3) is 0 Å². The van der Waals surface area contributed by atoms with Crippen molar-refractivity contribution >= 4 is 5.97 Å². The average Bonchev–Trinajstić information content (AvgIpc) is 2.30. The van der Waals surface area contributed by atoms with Gasteiger partial charge >= 0.3 is 5.97 Å². The van der Waals surface area contributed by atoms with Gasteiger partial charge < -0.3 is 15.5 Å². The Morgan fingerprint density at radius 1 is 1.41 bits per heavy atom. The van der Waals surface area contributed by atoms with Crippen LogP contribution in [0.4, 0.5) is 0 Å². The fourth-order valence-electron chi connectivity index (χ4n) is 2.55. The van der Waals surface area contributed by atoms with Gasteiger partial charge in [0.15, 0.2) is 0 Å². The van der Waals surface area contributed by atoms with E-state index in [1.165, 1.54) is 0 Å². The molecule has 2 rings (SSSR count). The molecule has 0 amide bonds. The Bertz CT molecular complexity index is 405. The number of carboxylic acid groups (broad SMARTS) is 1. The van der Waals surface area contributed by atoms with E-state index >= 15 is 0 Å². The van der Waals surface area contributed by atoms with Crippen LogP contribution in [0.3, 0.4) is 0 Å². The topological polar surface area (TPSA) is 69.6 Å². The summed E-state index contributed by atoms with van der Waals surface area (Å²) >= 11 is 0. The standard InChI is InChI=1S/C13H17NO3/c15-12-4-2-1-3-10(12)11-8-14-6-5-9(11)7-13(16)17/h1-4,9,11,14-15H,5-8H2,(H,16,17). The molecule has 92 valence electrons. The summed E-state index contributed by atoms with van der Waals surface area (Å²) in [6, 6.07) is 7.19. The molecule has 1 aromatic carbocycles. The first-order chi connectivity index (χ1) is 8.18. The number of phenols is 1. The van der Waals surface area contributed by atoms with Gasteiger partial charge in [-0.05, 0) is 30.5 Å². The Morgan fingerprint density at radius 2 is 2.18 bits per heavy atom. The van der Waals surface area contributed by atoms with E-state index in [9.17, 15) is 9.90 Å². The number of phenolic OH excluding ortho intramolecular Hbond substituents is 1. The highest BCUT2D eigenvalue weighted by molar-refractivity contribution is 5.67. The molecule has 2 unspecified atom stereocenters. The van der Waals surface area contributed by atoms with E-state index in [0.29, 0.717) is 0 Å². The first kappa shape index (κ1) is 11.9. The summed E-state index contributed by atoms with van der Waals surface area (Å²) in [5, 5.41) is 22.0. The van der Waals surface area contributed by atoms with Crippen LogP contribution in [-0.2, 0) is 4.79 Å². The highest BCUT2D eigenvalue weighted by atomic mass is 16.4. The molecule has 3 N–H and O–H groups in total. The molecule has 1 aliphatic rings. The smallest absolute Gasteiger partial charge is 0.303 e. The number of hydrogen-bond donors (Lipinski definition) is 3. The minimum absolute atomic E-state index is 0.0843. The van der Waals surface area contributed by atoms with Gasteiger partial charge in [-0.15, -0.1) is 0 Å². The Hall–Kier alpha value is -1.55. The Morgan fingerprint density at radius 3 is 2.88 bits per heavy atom. The van der Waals surface area contributed by atoms with Gasteiger partial charge in [0.1, 0.15) is 5.75 Å². The number of carboxylic acids is 1. The fraction of sp³-hybridized carbons (Fsp3) is 0.462. The van der Waals surface area contributed by atoms with Crippen molar-refractivity contribution in [2.24, 2.45) is 5.92 Å². The number of para-hydroxylation sites is 1. The third-order valence-electron chi connectivity index (χ3n) is 3.40. The van der Waals surface area contributed by atoms with E-state index < -0.39 is 5.97 Å². The molecule has 2 atom stereocenters. The molecule has 1 aromatic rings. The van der Waals surface area contributed by atoms with Crippen molar-refractivity contribution in [1.82, 2.24) is 5.32 Å². The minimum Gasteiger partial charge on any atom is -0.508 e. The maximum Gasteiger partial charge on any atom is 0.303 e. The lowest BCUT2D eigenvalue weighted by Gasteiger charge is -2.32. The summed E-state index contributed by atoms with van der Waals surface area (Å²) in [6.45, 7) is 1.58. The number of aliphatic carboxylic acids is 1. The molecule has 4 nitrogen and oxygen atoms in total. The average molecular weight is 235 g/mol. The second kappa shape index (κ2) is 5.19. The lowest BCUT2D eigenvalue weighted by Crippen LogP contribution is -2.36. The monoisotopic (exact) mass is 235 g/mol. The van der Waals surface area contributed by atoms with Crippen LogP contribution in [0.2, 0.25) is 0 Å². The zero-order valence-electron chi connectivity index (χ0n) is 9.60. The molecule has 0 bridgehead atoms. The summed E-state index contributed by atoms with van der Waals surface area (Å²) in [5.41, 5.74) is 0.853. The Kier molecular flexibility index (Phi) is 3.64.